The second-order valence-electron chi connectivity index (χ2n) is 3.46. The van der Waals surface area contributed by atoms with Crippen LogP contribution in [-0.4, -0.2) is 11.0 Å². The topological polar surface area (TPSA) is 41.8 Å². The Balaban J connectivity index is 2.34. The first-order valence-electron chi connectivity index (χ1n) is 4.18. The van der Waals surface area contributed by atoms with Crippen LogP contribution in [0.2, 0.25) is 0 Å². The number of hydrogen-bond acceptors (Lipinski definition) is 1. The first-order chi connectivity index (χ1) is 5.25. The lowest BCUT2D eigenvalue weighted by atomic mass is 9.94. The smallest absolute Gasteiger partial charge is 0.0197 e. The molecular weight excluding hydrogens is 136 g/mol. The zero-order valence-corrected chi connectivity index (χ0v) is 6.85. The molecule has 1 aromatic heterocycles. The van der Waals surface area contributed by atoms with Gasteiger partial charge in [0.2, 0.25) is 0 Å². The van der Waals surface area contributed by atoms with Crippen molar-refractivity contribution in [1.82, 2.24) is 4.98 Å². The van der Waals surface area contributed by atoms with E-state index in [9.17, 15) is 0 Å². The normalized spacial score (nSPS) is 23.3. The molecule has 0 amide bonds. The summed E-state index contributed by atoms with van der Waals surface area (Å²) in [6.45, 7) is 2.10. The Morgan fingerprint density at radius 2 is 2.45 bits per heavy atom. The number of H-pyrrole nitrogens is 1. The van der Waals surface area contributed by atoms with E-state index >= 15 is 0 Å². The molecule has 1 atom stereocenters. The standard InChI is InChI=1S/C9H14N2/c1-6-4-7-2-3-8(10)5-9(7)11-6/h4,8,11H,2-3,5,10H2,1H3. The van der Waals surface area contributed by atoms with Gasteiger partial charge in [-0.25, -0.2) is 0 Å². The van der Waals surface area contributed by atoms with Crippen LogP contribution in [0.3, 0.4) is 0 Å². The van der Waals surface area contributed by atoms with Gasteiger partial charge in [-0.2, -0.15) is 0 Å². The van der Waals surface area contributed by atoms with Gasteiger partial charge in [0.1, 0.15) is 0 Å². The maximum atomic E-state index is 5.84. The third kappa shape index (κ3) is 1.18. The molecule has 1 heterocycles. The van der Waals surface area contributed by atoms with Crippen LogP contribution in [0.15, 0.2) is 6.07 Å². The molecule has 0 saturated heterocycles. The Morgan fingerprint density at radius 3 is 3.27 bits per heavy atom. The predicted octanol–water partition coefficient (Wildman–Crippen LogP) is 1.14. The van der Waals surface area contributed by atoms with Gasteiger partial charge < -0.3 is 10.7 Å². The highest BCUT2D eigenvalue weighted by atomic mass is 14.8. The van der Waals surface area contributed by atoms with Crippen LogP contribution in [0.5, 0.6) is 0 Å². The van der Waals surface area contributed by atoms with Gasteiger partial charge in [-0.05, 0) is 31.4 Å². The summed E-state index contributed by atoms with van der Waals surface area (Å²) in [7, 11) is 0. The summed E-state index contributed by atoms with van der Waals surface area (Å²) in [4.78, 5) is 3.35. The molecule has 1 aliphatic rings. The zero-order valence-electron chi connectivity index (χ0n) is 6.85. The third-order valence-electron chi connectivity index (χ3n) is 2.38. The molecule has 11 heavy (non-hydrogen) atoms. The molecule has 0 spiro atoms. The Hall–Kier alpha value is -0.760. The number of nitrogens with one attached hydrogen (secondary N) is 1. The zero-order chi connectivity index (χ0) is 7.84. The van der Waals surface area contributed by atoms with E-state index in [1.54, 1.807) is 0 Å². The van der Waals surface area contributed by atoms with Crippen molar-refractivity contribution in [2.24, 2.45) is 5.73 Å². The van der Waals surface area contributed by atoms with E-state index in [0.717, 1.165) is 19.3 Å². The van der Waals surface area contributed by atoms with Crippen LogP contribution in [0.25, 0.3) is 0 Å². The summed E-state index contributed by atoms with van der Waals surface area (Å²) in [5, 5.41) is 0. The largest absolute Gasteiger partial charge is 0.362 e. The highest BCUT2D eigenvalue weighted by Crippen LogP contribution is 2.20. The molecule has 1 aliphatic carbocycles. The van der Waals surface area contributed by atoms with Gasteiger partial charge in [0, 0.05) is 23.9 Å². The number of aromatic amines is 1. The summed E-state index contributed by atoms with van der Waals surface area (Å²) in [5.74, 6) is 0. The molecule has 0 aromatic carbocycles. The molecule has 0 saturated carbocycles. The molecule has 2 nitrogen and oxygen atoms in total. The highest BCUT2D eigenvalue weighted by Gasteiger charge is 2.16. The Labute approximate surface area is 66.8 Å². The van der Waals surface area contributed by atoms with Gasteiger partial charge in [-0.3, -0.25) is 0 Å². The lowest BCUT2D eigenvalue weighted by molar-refractivity contribution is 0.570. The van der Waals surface area contributed by atoms with Crippen LogP contribution in [-0.2, 0) is 12.8 Å². The number of aromatic nitrogens is 1. The fourth-order valence-corrected chi connectivity index (χ4v) is 1.81. The molecule has 3 N–H and O–H groups in total. The van der Waals surface area contributed by atoms with E-state index in [1.807, 2.05) is 0 Å². The summed E-state index contributed by atoms with van der Waals surface area (Å²) >= 11 is 0. The lowest BCUT2D eigenvalue weighted by Crippen LogP contribution is -2.27. The molecule has 0 aliphatic heterocycles. The van der Waals surface area contributed by atoms with E-state index < -0.39 is 0 Å². The van der Waals surface area contributed by atoms with Gasteiger partial charge in [-0.1, -0.05) is 0 Å². The molecule has 2 rings (SSSR count). The minimum atomic E-state index is 0.376. The minimum Gasteiger partial charge on any atom is -0.362 e. The molecule has 0 radical (unpaired) electrons. The van der Waals surface area contributed by atoms with E-state index in [0.29, 0.717) is 6.04 Å². The second kappa shape index (κ2) is 2.38. The van der Waals surface area contributed by atoms with Gasteiger partial charge in [0.05, 0.1) is 0 Å². The van der Waals surface area contributed by atoms with Crippen LogP contribution in [0.1, 0.15) is 23.4 Å². The predicted molar refractivity (Wildman–Crippen MR) is 45.5 cm³/mol. The lowest BCUT2D eigenvalue weighted by Gasteiger charge is -2.17. The first kappa shape index (κ1) is 6.92. The number of fused-ring (bicyclic) bond motifs is 1. The van der Waals surface area contributed by atoms with Crippen molar-refractivity contribution >= 4 is 0 Å². The SMILES string of the molecule is Cc1cc2c([nH]1)CC(N)CC2. The van der Waals surface area contributed by atoms with Crippen molar-refractivity contribution in [2.45, 2.75) is 32.2 Å². The Kier molecular flexibility index (Phi) is 1.50. The van der Waals surface area contributed by atoms with Crippen molar-refractivity contribution in [1.29, 1.82) is 0 Å². The van der Waals surface area contributed by atoms with Crippen LogP contribution in [0, 0.1) is 6.92 Å². The molecule has 2 heteroatoms. The average molecular weight is 150 g/mol. The quantitative estimate of drug-likeness (QED) is 0.572. The second-order valence-corrected chi connectivity index (χ2v) is 3.46. The van der Waals surface area contributed by atoms with Gasteiger partial charge >= 0.3 is 0 Å². The van der Waals surface area contributed by atoms with E-state index in [1.165, 1.54) is 17.0 Å². The number of hydrogen-bond donors (Lipinski definition) is 2. The van der Waals surface area contributed by atoms with Crippen molar-refractivity contribution < 1.29 is 0 Å². The van der Waals surface area contributed by atoms with Gasteiger partial charge in [-0.15, -0.1) is 0 Å². The third-order valence-corrected chi connectivity index (χ3v) is 2.38. The molecule has 0 bridgehead atoms. The number of rotatable bonds is 0. The van der Waals surface area contributed by atoms with Gasteiger partial charge in [0.25, 0.3) is 0 Å². The minimum absolute atomic E-state index is 0.376. The van der Waals surface area contributed by atoms with Crippen molar-refractivity contribution in [3.63, 3.8) is 0 Å². The Morgan fingerprint density at radius 1 is 1.64 bits per heavy atom. The van der Waals surface area contributed by atoms with Crippen LogP contribution < -0.4 is 5.73 Å². The fourth-order valence-electron chi connectivity index (χ4n) is 1.81. The van der Waals surface area contributed by atoms with Crippen LogP contribution in [0.4, 0.5) is 0 Å². The molecule has 0 fully saturated rings. The summed E-state index contributed by atoms with van der Waals surface area (Å²) in [6, 6.07) is 2.61. The summed E-state index contributed by atoms with van der Waals surface area (Å²) in [6.07, 6.45) is 3.33. The highest BCUT2D eigenvalue weighted by molar-refractivity contribution is 5.28. The number of aryl methyl sites for hydroxylation is 2. The molecule has 60 valence electrons. The van der Waals surface area contributed by atoms with Gasteiger partial charge in [0.15, 0.2) is 0 Å². The fraction of sp³-hybridized carbons (Fsp3) is 0.556. The number of nitrogens with two attached hydrogens (primary N) is 1. The monoisotopic (exact) mass is 150 g/mol. The van der Waals surface area contributed by atoms with E-state index in [4.69, 9.17) is 5.73 Å². The maximum absolute atomic E-state index is 5.84. The van der Waals surface area contributed by atoms with Crippen molar-refractivity contribution in [2.75, 3.05) is 0 Å². The Bertz CT molecular complexity index is 263. The van der Waals surface area contributed by atoms with E-state index in [2.05, 4.69) is 18.0 Å². The summed E-state index contributed by atoms with van der Waals surface area (Å²) in [5.41, 5.74) is 9.94. The maximum Gasteiger partial charge on any atom is 0.0197 e. The van der Waals surface area contributed by atoms with Crippen LogP contribution >= 0.6 is 0 Å². The molecule has 1 aromatic rings. The first-order valence-corrected chi connectivity index (χ1v) is 4.18. The molecule has 1 unspecified atom stereocenters. The molecular formula is C9H14N2. The average Bonchev–Trinajstić information content (AvgIpc) is 2.27. The summed E-state index contributed by atoms with van der Waals surface area (Å²) < 4.78 is 0. The van der Waals surface area contributed by atoms with Crippen molar-refractivity contribution in [3.05, 3.63) is 23.0 Å². The van der Waals surface area contributed by atoms with Crippen molar-refractivity contribution in [3.8, 4) is 0 Å². The van der Waals surface area contributed by atoms with E-state index in [-0.39, 0.29) is 0 Å².